The summed E-state index contributed by atoms with van der Waals surface area (Å²) in [5, 5.41) is 3.29. The van der Waals surface area contributed by atoms with Gasteiger partial charge in [-0.05, 0) is 43.2 Å². The molecule has 5 heteroatoms. The van der Waals surface area contributed by atoms with Crippen LogP contribution in [-0.4, -0.2) is 53.8 Å². The molecule has 2 aromatic rings. The lowest BCUT2D eigenvalue weighted by atomic mass is 9.93. The zero-order chi connectivity index (χ0) is 23.9. The monoisotopic (exact) mass is 461 g/mol. The van der Waals surface area contributed by atoms with Gasteiger partial charge in [0, 0.05) is 26.2 Å². The van der Waals surface area contributed by atoms with Gasteiger partial charge in [0.05, 0.1) is 18.0 Å². The number of hydrogen-bond donors (Lipinski definition) is 1. The van der Waals surface area contributed by atoms with E-state index in [4.69, 9.17) is 0 Å². The Bertz CT molecular complexity index is 919. The van der Waals surface area contributed by atoms with E-state index in [0.29, 0.717) is 19.0 Å². The van der Waals surface area contributed by atoms with Crippen LogP contribution in [0.3, 0.4) is 0 Å². The lowest BCUT2D eigenvalue weighted by Gasteiger charge is -2.42. The highest BCUT2D eigenvalue weighted by Crippen LogP contribution is 2.32. The molecule has 0 aromatic heterocycles. The summed E-state index contributed by atoms with van der Waals surface area (Å²) in [4.78, 5) is 31.2. The smallest absolute Gasteiger partial charge is 0.238 e. The largest absolute Gasteiger partial charge is 0.348 e. The Labute approximate surface area is 204 Å². The van der Waals surface area contributed by atoms with E-state index in [1.807, 2.05) is 41.3 Å². The van der Waals surface area contributed by atoms with Crippen molar-refractivity contribution in [2.24, 2.45) is 5.92 Å². The maximum atomic E-state index is 13.5. The second kappa shape index (κ2) is 11.7. The quantitative estimate of drug-likeness (QED) is 0.617. The fraction of sp³-hybridized carbons (Fsp3) is 0.517. The third-order valence-electron chi connectivity index (χ3n) is 7.70. The lowest BCUT2D eigenvalue weighted by molar-refractivity contribution is -0.136. The summed E-state index contributed by atoms with van der Waals surface area (Å²) >= 11 is 0. The summed E-state index contributed by atoms with van der Waals surface area (Å²) in [7, 11) is 0. The molecule has 1 heterocycles. The summed E-state index contributed by atoms with van der Waals surface area (Å²) in [6.45, 7) is 7.03. The summed E-state index contributed by atoms with van der Waals surface area (Å²) in [5.74, 6) is 0.665. The van der Waals surface area contributed by atoms with Crippen LogP contribution in [0, 0.1) is 5.92 Å². The molecule has 1 N–H and O–H groups in total. The first-order valence-corrected chi connectivity index (χ1v) is 13.0. The third-order valence-corrected chi connectivity index (χ3v) is 7.70. The molecule has 182 valence electrons. The Morgan fingerprint density at radius 3 is 2.00 bits per heavy atom. The minimum absolute atomic E-state index is 0.0170. The number of carbonyl (C=O) groups is 2. The molecular weight excluding hydrogens is 422 g/mol. The average molecular weight is 462 g/mol. The first kappa shape index (κ1) is 24.5. The van der Waals surface area contributed by atoms with Crippen LogP contribution in [-0.2, 0) is 9.59 Å². The van der Waals surface area contributed by atoms with Gasteiger partial charge in [0.2, 0.25) is 11.8 Å². The van der Waals surface area contributed by atoms with E-state index in [-0.39, 0.29) is 29.8 Å². The molecule has 2 aliphatic rings. The van der Waals surface area contributed by atoms with Crippen molar-refractivity contribution >= 4 is 11.8 Å². The highest BCUT2D eigenvalue weighted by atomic mass is 16.2. The second-order valence-electron chi connectivity index (χ2n) is 9.86. The molecule has 0 spiro atoms. The van der Waals surface area contributed by atoms with E-state index in [2.05, 4.69) is 48.3 Å². The second-order valence-corrected chi connectivity index (χ2v) is 9.86. The van der Waals surface area contributed by atoms with Gasteiger partial charge in [0.1, 0.15) is 0 Å². The van der Waals surface area contributed by atoms with Gasteiger partial charge in [-0.15, -0.1) is 0 Å². The van der Waals surface area contributed by atoms with Crippen molar-refractivity contribution in [3.8, 4) is 0 Å². The van der Waals surface area contributed by atoms with Crippen molar-refractivity contribution < 1.29 is 9.59 Å². The van der Waals surface area contributed by atoms with Gasteiger partial charge in [-0.3, -0.25) is 14.5 Å². The number of amides is 2. The van der Waals surface area contributed by atoms with E-state index in [9.17, 15) is 9.59 Å². The van der Waals surface area contributed by atoms with Crippen molar-refractivity contribution in [1.29, 1.82) is 0 Å². The van der Waals surface area contributed by atoms with Crippen LogP contribution in [0.2, 0.25) is 0 Å². The predicted molar refractivity (Wildman–Crippen MR) is 136 cm³/mol. The van der Waals surface area contributed by atoms with Crippen LogP contribution in [0.4, 0.5) is 0 Å². The van der Waals surface area contributed by atoms with Gasteiger partial charge in [-0.2, -0.15) is 0 Å². The summed E-state index contributed by atoms with van der Waals surface area (Å²) < 4.78 is 0. The zero-order valence-corrected chi connectivity index (χ0v) is 20.7. The van der Waals surface area contributed by atoms with E-state index in [0.717, 1.165) is 43.5 Å². The van der Waals surface area contributed by atoms with E-state index >= 15 is 0 Å². The first-order chi connectivity index (χ1) is 16.6. The van der Waals surface area contributed by atoms with Gasteiger partial charge >= 0.3 is 0 Å². The normalized spacial score (nSPS) is 20.0. The highest BCUT2D eigenvalue weighted by Gasteiger charge is 2.38. The topological polar surface area (TPSA) is 52.7 Å². The van der Waals surface area contributed by atoms with E-state index in [1.165, 1.54) is 12.8 Å². The maximum Gasteiger partial charge on any atom is 0.238 e. The summed E-state index contributed by atoms with van der Waals surface area (Å²) in [6.07, 6.45) is 5.44. The molecule has 34 heavy (non-hydrogen) atoms. The van der Waals surface area contributed by atoms with Crippen LogP contribution in [0.25, 0.3) is 0 Å². The molecule has 2 aromatic carbocycles. The van der Waals surface area contributed by atoms with Gasteiger partial charge in [0.25, 0.3) is 0 Å². The molecule has 0 bridgehead atoms. The number of hydrogen-bond acceptors (Lipinski definition) is 3. The Hall–Kier alpha value is -2.66. The van der Waals surface area contributed by atoms with Crippen molar-refractivity contribution in [3.63, 3.8) is 0 Å². The van der Waals surface area contributed by atoms with Gasteiger partial charge in [-0.1, -0.05) is 80.4 Å². The predicted octanol–water partition coefficient (Wildman–Crippen LogP) is 4.76. The Morgan fingerprint density at radius 2 is 1.44 bits per heavy atom. The summed E-state index contributed by atoms with van der Waals surface area (Å²) in [5.41, 5.74) is 2.22. The van der Waals surface area contributed by atoms with Gasteiger partial charge in [0.15, 0.2) is 0 Å². The van der Waals surface area contributed by atoms with Crippen molar-refractivity contribution in [3.05, 3.63) is 71.8 Å². The Kier molecular flexibility index (Phi) is 8.39. The Morgan fingerprint density at radius 1 is 0.882 bits per heavy atom. The molecule has 2 fully saturated rings. The van der Waals surface area contributed by atoms with Crippen molar-refractivity contribution in [1.82, 2.24) is 15.1 Å². The van der Waals surface area contributed by atoms with Gasteiger partial charge in [-0.25, -0.2) is 0 Å². The molecular formula is C29H39N3O2. The minimum Gasteiger partial charge on any atom is -0.348 e. The molecule has 1 saturated carbocycles. The highest BCUT2D eigenvalue weighted by molar-refractivity contribution is 5.84. The van der Waals surface area contributed by atoms with Crippen LogP contribution < -0.4 is 5.32 Å². The van der Waals surface area contributed by atoms with Crippen LogP contribution >= 0.6 is 0 Å². The molecule has 0 radical (unpaired) electrons. The molecule has 0 unspecified atom stereocenters. The molecule has 3 atom stereocenters. The number of nitrogens with zero attached hydrogens (tertiary/aromatic N) is 2. The van der Waals surface area contributed by atoms with Crippen LogP contribution in [0.5, 0.6) is 0 Å². The molecule has 4 rings (SSSR count). The average Bonchev–Trinajstić information content (AvgIpc) is 3.40. The van der Waals surface area contributed by atoms with E-state index < -0.39 is 0 Å². The zero-order valence-electron chi connectivity index (χ0n) is 20.7. The standard InChI is InChI=1S/C29H39N3O2/c1-3-26(24-14-8-5-9-15-24)29(34)32-20-18-31(19-21-32)27(25-16-10-11-17-25)28(33)30-22(2)23-12-6-4-7-13-23/h4-9,12-15,22,25-27H,3,10-11,16-21H2,1-2H3,(H,30,33)/t22-,26-,27+/m0/s1. The third kappa shape index (κ3) is 5.69. The number of benzene rings is 2. The maximum absolute atomic E-state index is 13.5. The number of nitrogens with one attached hydrogen (secondary N) is 1. The number of piperazine rings is 1. The van der Waals surface area contributed by atoms with Crippen LogP contribution in [0.15, 0.2) is 60.7 Å². The first-order valence-electron chi connectivity index (χ1n) is 13.0. The SMILES string of the molecule is CC[C@H](C(=O)N1CCN([C@@H](C(=O)N[C@@H](C)c2ccccc2)C2CCCC2)CC1)c1ccccc1. The van der Waals surface area contributed by atoms with Crippen LogP contribution in [0.1, 0.15) is 69.0 Å². The molecule has 1 aliphatic carbocycles. The number of carbonyl (C=O) groups excluding carboxylic acids is 2. The molecule has 1 aliphatic heterocycles. The molecule has 1 saturated heterocycles. The fourth-order valence-electron chi connectivity index (χ4n) is 5.75. The van der Waals surface area contributed by atoms with Crippen molar-refractivity contribution in [2.75, 3.05) is 26.2 Å². The van der Waals surface area contributed by atoms with E-state index in [1.54, 1.807) is 0 Å². The Balaban J connectivity index is 1.41. The van der Waals surface area contributed by atoms with Gasteiger partial charge < -0.3 is 10.2 Å². The van der Waals surface area contributed by atoms with Crippen molar-refractivity contribution in [2.45, 2.75) is 64.0 Å². The number of rotatable bonds is 8. The summed E-state index contributed by atoms with van der Waals surface area (Å²) in [6, 6.07) is 20.1. The molecule has 5 nitrogen and oxygen atoms in total. The minimum atomic E-state index is -0.109. The lowest BCUT2D eigenvalue weighted by Crippen LogP contribution is -2.58. The molecule has 2 amide bonds. The fourth-order valence-corrected chi connectivity index (χ4v) is 5.75.